The standard InChI is InChI=1S/C30H42N2O2.C8H12O.C6H14.2C2H6.CH3.Cs/c1-10-26-17-25(13-14-27(26)20-33-9)19-32-24(8)30(18-31)29(15-21(4)5)23(7)22(6)16-28(11-2)34-12-3;1-6-3-4-8(9)5-7(6)2;1-4-6(3)5-2;2*1-2;;/h11,13-18,31-32H,2,8,10,12,19-20H2,1,3-7,9H3;6H,2-5H2,1H3;6H,4-5H2,1-3H3;2*1-2H3;1H3;/q;;;;;-1;+1/b23-22+,28-16+,30-29+,31-18?;;;;;;. The molecule has 55 heavy (non-hydrogen) atoms. The van der Waals surface area contributed by atoms with E-state index < -0.39 is 0 Å². The number of nitrogens with one attached hydrogen (secondary N) is 2. The molecule has 0 heterocycles. The maximum Gasteiger partial charge on any atom is 1.00 e. The molecule has 5 nitrogen and oxygen atoms in total. The van der Waals surface area contributed by atoms with Gasteiger partial charge in [-0.05, 0) is 105 Å². The van der Waals surface area contributed by atoms with Gasteiger partial charge in [0.25, 0.3) is 0 Å². The van der Waals surface area contributed by atoms with Crippen LogP contribution in [-0.4, -0.2) is 25.7 Å². The molecule has 2 rings (SSSR count). The zero-order chi connectivity index (χ0) is 41.5. The van der Waals surface area contributed by atoms with E-state index in [0.29, 0.717) is 43.6 Å². The molecule has 2 N–H and O–H groups in total. The maximum absolute atomic E-state index is 10.8. The SMILES string of the molecule is C=C1CC(=O)CCC1C.C=C\C(=C/C(C)=C(C)/C(C=C(C)C)=C(\C=N)C(=C)NCc1ccc(COC)c(CC)c1)OCC.CC.CC.CCC(C)CC.[CH3-].[Cs+]. The number of Topliss-reactive ketones (excluding diaryl/α,β-unsaturated/α-hetero) is 1. The molecule has 0 radical (unpaired) electrons. The first-order chi connectivity index (χ1) is 25.2. The minimum atomic E-state index is 0. The molecule has 308 valence electrons. The van der Waals surface area contributed by atoms with Crippen LogP contribution in [0.1, 0.15) is 146 Å². The number of ether oxygens (including phenoxy) is 2. The summed E-state index contributed by atoms with van der Waals surface area (Å²) in [5, 5.41) is 11.6. The van der Waals surface area contributed by atoms with Crippen LogP contribution in [0.15, 0.2) is 101 Å². The van der Waals surface area contributed by atoms with Crippen LogP contribution in [0.4, 0.5) is 0 Å². The molecule has 0 bridgehead atoms. The summed E-state index contributed by atoms with van der Waals surface area (Å²) in [6, 6.07) is 6.45. The summed E-state index contributed by atoms with van der Waals surface area (Å²) in [5.74, 6) is 2.60. The average Bonchev–Trinajstić information content (AvgIpc) is 3.16. The van der Waals surface area contributed by atoms with Crippen molar-refractivity contribution >= 4 is 12.0 Å². The molecule has 0 saturated heterocycles. The average molecular weight is 881 g/mol. The minimum absolute atomic E-state index is 0. The van der Waals surface area contributed by atoms with Crippen LogP contribution < -0.4 is 74.2 Å². The molecular weight excluding hydrogens is 797 g/mol. The van der Waals surface area contributed by atoms with Gasteiger partial charge in [0.15, 0.2) is 0 Å². The summed E-state index contributed by atoms with van der Waals surface area (Å²) in [4.78, 5) is 10.8. The van der Waals surface area contributed by atoms with Crippen LogP contribution in [0.25, 0.3) is 0 Å². The van der Waals surface area contributed by atoms with Crippen molar-refractivity contribution in [2.45, 2.75) is 149 Å². The van der Waals surface area contributed by atoms with E-state index in [1.165, 1.54) is 35.7 Å². The van der Waals surface area contributed by atoms with E-state index in [4.69, 9.17) is 14.9 Å². The van der Waals surface area contributed by atoms with Gasteiger partial charge in [-0.15, -0.1) is 0 Å². The van der Waals surface area contributed by atoms with E-state index in [0.717, 1.165) is 64.4 Å². The van der Waals surface area contributed by atoms with E-state index >= 15 is 0 Å². The summed E-state index contributed by atoms with van der Waals surface area (Å²) < 4.78 is 10.9. The number of carbonyl (C=O) groups excluding carboxylic acids is 1. The van der Waals surface area contributed by atoms with E-state index in [2.05, 4.69) is 105 Å². The van der Waals surface area contributed by atoms with Crippen LogP contribution in [0.5, 0.6) is 0 Å². The third-order valence-corrected chi connectivity index (χ3v) is 8.89. The van der Waals surface area contributed by atoms with Gasteiger partial charge in [0.05, 0.1) is 13.2 Å². The number of hydrogen-bond acceptors (Lipinski definition) is 5. The van der Waals surface area contributed by atoms with E-state index in [-0.39, 0.29) is 76.3 Å². The van der Waals surface area contributed by atoms with E-state index in [1.54, 1.807) is 13.2 Å². The number of carbonyl (C=O) groups is 1. The number of ketones is 1. The smallest absolute Gasteiger partial charge is 0.494 e. The molecule has 1 saturated carbocycles. The normalized spacial score (nSPS) is 14.0. The summed E-state index contributed by atoms with van der Waals surface area (Å²) in [7, 11) is 1.72. The molecule has 1 aliphatic carbocycles. The van der Waals surface area contributed by atoms with Gasteiger partial charge in [-0.2, -0.15) is 0 Å². The van der Waals surface area contributed by atoms with Crippen molar-refractivity contribution in [2.24, 2.45) is 11.8 Å². The van der Waals surface area contributed by atoms with Crippen molar-refractivity contribution in [3.8, 4) is 0 Å². The number of hydrogen-bond donors (Lipinski definition) is 2. The second-order valence-corrected chi connectivity index (χ2v) is 13.1. The van der Waals surface area contributed by atoms with Crippen LogP contribution in [-0.2, 0) is 33.8 Å². The van der Waals surface area contributed by atoms with Crippen molar-refractivity contribution in [1.29, 1.82) is 5.41 Å². The molecule has 0 spiro atoms. The molecule has 6 heteroatoms. The molecule has 0 aromatic heterocycles. The molecule has 1 atom stereocenters. The first kappa shape index (κ1) is 62.5. The van der Waals surface area contributed by atoms with Gasteiger partial charge >= 0.3 is 68.9 Å². The van der Waals surface area contributed by atoms with Gasteiger partial charge in [0, 0.05) is 44.0 Å². The number of allylic oxidation sites excluding steroid dienone is 9. The van der Waals surface area contributed by atoms with Crippen molar-refractivity contribution < 1.29 is 83.2 Å². The predicted octanol–water partition coefficient (Wildman–Crippen LogP) is 11.2. The van der Waals surface area contributed by atoms with Crippen LogP contribution in [0, 0.1) is 24.7 Å². The van der Waals surface area contributed by atoms with Crippen molar-refractivity contribution in [1.82, 2.24) is 5.32 Å². The Morgan fingerprint density at radius 1 is 1.00 bits per heavy atom. The van der Waals surface area contributed by atoms with Crippen molar-refractivity contribution in [3.05, 3.63) is 125 Å². The monoisotopic (exact) mass is 881 g/mol. The van der Waals surface area contributed by atoms with Gasteiger partial charge in [0.2, 0.25) is 0 Å². The number of aryl methyl sites for hydroxylation is 1. The van der Waals surface area contributed by atoms with Crippen molar-refractivity contribution in [2.75, 3.05) is 13.7 Å². The Morgan fingerprint density at radius 2 is 1.58 bits per heavy atom. The number of benzene rings is 1. The topological polar surface area (TPSA) is 71.4 Å². The summed E-state index contributed by atoms with van der Waals surface area (Å²) in [6.07, 6.45) is 13.2. The second-order valence-electron chi connectivity index (χ2n) is 13.1. The van der Waals surface area contributed by atoms with Crippen LogP contribution in [0.3, 0.4) is 0 Å². The van der Waals surface area contributed by atoms with Gasteiger partial charge in [0.1, 0.15) is 11.5 Å². The first-order valence-corrected chi connectivity index (χ1v) is 20.0. The van der Waals surface area contributed by atoms with Gasteiger partial charge in [-0.1, -0.05) is 130 Å². The van der Waals surface area contributed by atoms with Gasteiger partial charge in [-0.3, -0.25) is 4.79 Å². The maximum atomic E-state index is 10.8. The zero-order valence-electron chi connectivity index (χ0n) is 38.9. The van der Waals surface area contributed by atoms with Gasteiger partial charge in [-0.25, -0.2) is 0 Å². The molecule has 0 amide bonds. The largest absolute Gasteiger partial charge is 1.00 e. The molecule has 0 aliphatic heterocycles. The Labute approximate surface area is 400 Å². The quantitative estimate of drug-likeness (QED) is 0.0570. The summed E-state index contributed by atoms with van der Waals surface area (Å²) in [5.41, 5.74) is 10.5. The third kappa shape index (κ3) is 27.6. The molecule has 1 fully saturated rings. The Morgan fingerprint density at radius 3 is 1.98 bits per heavy atom. The fourth-order valence-electron chi connectivity index (χ4n) is 4.97. The second kappa shape index (κ2) is 39.2. The predicted molar refractivity (Wildman–Crippen MR) is 242 cm³/mol. The van der Waals surface area contributed by atoms with Crippen molar-refractivity contribution in [3.63, 3.8) is 0 Å². The van der Waals surface area contributed by atoms with E-state index in [1.807, 2.05) is 47.6 Å². The van der Waals surface area contributed by atoms with Crippen LogP contribution in [0.2, 0.25) is 0 Å². The molecule has 1 unspecified atom stereocenters. The number of rotatable bonds is 16. The minimum Gasteiger partial charge on any atom is -0.494 e. The Kier molecular flexibility index (Phi) is 44.6. The fourth-order valence-corrected chi connectivity index (χ4v) is 4.97. The summed E-state index contributed by atoms with van der Waals surface area (Å²) in [6.45, 7) is 42.9. The molecular formula is C49H83CsN2O3. The Bertz CT molecular complexity index is 1370. The fraction of sp³-hybridized carbons (Fsp3) is 0.531. The van der Waals surface area contributed by atoms with E-state index in [9.17, 15) is 4.79 Å². The summed E-state index contributed by atoms with van der Waals surface area (Å²) >= 11 is 0. The third-order valence-electron chi connectivity index (χ3n) is 8.89. The zero-order valence-corrected chi connectivity index (χ0v) is 45.2. The Hall–Kier alpha value is -1.65. The molecule has 1 aliphatic rings. The first-order valence-electron chi connectivity index (χ1n) is 20.0. The van der Waals surface area contributed by atoms with Crippen LogP contribution >= 0.6 is 0 Å². The number of methoxy groups -OCH3 is 1. The van der Waals surface area contributed by atoms with Gasteiger partial charge < -0.3 is 27.6 Å². The Balaban J connectivity index is -0.000000326. The molecule has 1 aromatic carbocycles. The molecule has 1 aromatic rings.